The molecule has 0 bridgehead atoms. The lowest BCUT2D eigenvalue weighted by Gasteiger charge is -2.18. The van der Waals surface area contributed by atoms with Crippen molar-refractivity contribution in [2.45, 2.75) is 25.9 Å². The highest BCUT2D eigenvalue weighted by Gasteiger charge is 2.11. The van der Waals surface area contributed by atoms with E-state index < -0.39 is 0 Å². The molecule has 0 aliphatic rings. The molecule has 0 heterocycles. The van der Waals surface area contributed by atoms with E-state index in [9.17, 15) is 0 Å². The Morgan fingerprint density at radius 1 is 1.41 bits per heavy atom. The van der Waals surface area contributed by atoms with Crippen molar-refractivity contribution in [2.24, 2.45) is 5.73 Å². The lowest BCUT2D eigenvalue weighted by atomic mass is 10.1. The fourth-order valence-corrected chi connectivity index (χ4v) is 1.82. The molecule has 1 atom stereocenters. The molecule has 0 radical (unpaired) electrons. The maximum atomic E-state index is 6.15. The van der Waals surface area contributed by atoms with Gasteiger partial charge in [0, 0.05) is 20.1 Å². The van der Waals surface area contributed by atoms with Gasteiger partial charge in [-0.3, -0.25) is 0 Å². The van der Waals surface area contributed by atoms with Crippen LogP contribution in [0.1, 0.15) is 18.9 Å². The molecule has 0 saturated heterocycles. The van der Waals surface area contributed by atoms with E-state index in [0.717, 1.165) is 24.2 Å². The van der Waals surface area contributed by atoms with Gasteiger partial charge < -0.3 is 15.2 Å². The number of hydrogen-bond donors (Lipinski definition) is 1. The van der Waals surface area contributed by atoms with Crippen LogP contribution in [0.3, 0.4) is 0 Å². The summed E-state index contributed by atoms with van der Waals surface area (Å²) in [4.78, 5) is 0. The number of halogens is 1. The molecular weight excluding hydrogens is 238 g/mol. The molecule has 4 heteroatoms. The van der Waals surface area contributed by atoms with Gasteiger partial charge in [0.15, 0.2) is 0 Å². The number of benzene rings is 1. The number of ether oxygens (including phenoxy) is 2. The fraction of sp³-hybridized carbons (Fsp3) is 0.538. The Hall–Kier alpha value is -0.770. The molecule has 1 rings (SSSR count). The van der Waals surface area contributed by atoms with Crippen LogP contribution in [-0.4, -0.2) is 26.4 Å². The van der Waals surface area contributed by atoms with Crippen molar-refractivity contribution in [1.82, 2.24) is 0 Å². The Labute approximate surface area is 108 Å². The maximum Gasteiger partial charge on any atom is 0.141 e. The van der Waals surface area contributed by atoms with Gasteiger partial charge >= 0.3 is 0 Å². The third-order valence-electron chi connectivity index (χ3n) is 2.51. The van der Waals surface area contributed by atoms with Gasteiger partial charge in [-0.1, -0.05) is 23.7 Å². The van der Waals surface area contributed by atoms with Crippen LogP contribution in [0.15, 0.2) is 18.2 Å². The predicted octanol–water partition coefficient (Wildman–Crippen LogP) is 2.64. The first-order valence-electron chi connectivity index (χ1n) is 5.82. The molecule has 3 nitrogen and oxygen atoms in total. The van der Waals surface area contributed by atoms with E-state index in [1.807, 2.05) is 25.1 Å². The lowest BCUT2D eigenvalue weighted by Crippen LogP contribution is -2.16. The minimum absolute atomic E-state index is 0.0753. The third kappa shape index (κ3) is 4.54. The highest BCUT2D eigenvalue weighted by Crippen LogP contribution is 2.30. The molecule has 1 unspecified atom stereocenters. The monoisotopic (exact) mass is 257 g/mol. The smallest absolute Gasteiger partial charge is 0.141 e. The zero-order valence-electron chi connectivity index (χ0n) is 10.4. The molecule has 0 aromatic heterocycles. The number of rotatable bonds is 7. The average molecular weight is 258 g/mol. The summed E-state index contributed by atoms with van der Waals surface area (Å²) < 4.78 is 10.9. The van der Waals surface area contributed by atoms with Crippen LogP contribution in [-0.2, 0) is 11.2 Å². The number of hydrogen-bond acceptors (Lipinski definition) is 3. The fourth-order valence-electron chi connectivity index (χ4n) is 1.58. The number of methoxy groups -OCH3 is 1. The zero-order chi connectivity index (χ0) is 12.7. The van der Waals surface area contributed by atoms with Crippen molar-refractivity contribution in [3.63, 3.8) is 0 Å². The molecule has 0 aliphatic carbocycles. The number of para-hydroxylation sites is 1. The first kappa shape index (κ1) is 14.3. The van der Waals surface area contributed by atoms with Gasteiger partial charge in [0.05, 0.1) is 11.1 Å². The highest BCUT2D eigenvalue weighted by molar-refractivity contribution is 6.32. The summed E-state index contributed by atoms with van der Waals surface area (Å²) in [6.07, 6.45) is 1.68. The van der Waals surface area contributed by atoms with Crippen LogP contribution >= 0.6 is 11.6 Å². The summed E-state index contributed by atoms with van der Waals surface area (Å²) in [5.74, 6) is 0.753. The van der Waals surface area contributed by atoms with Crippen LogP contribution in [0.2, 0.25) is 5.02 Å². The molecule has 0 fully saturated rings. The molecule has 1 aromatic carbocycles. The summed E-state index contributed by atoms with van der Waals surface area (Å²) in [6.45, 7) is 3.27. The quantitative estimate of drug-likeness (QED) is 0.817. The van der Waals surface area contributed by atoms with Crippen LogP contribution in [0.25, 0.3) is 0 Å². The van der Waals surface area contributed by atoms with Gasteiger partial charge in [0.25, 0.3) is 0 Å². The van der Waals surface area contributed by atoms with Gasteiger partial charge in [0.2, 0.25) is 0 Å². The van der Waals surface area contributed by atoms with E-state index in [2.05, 4.69) is 0 Å². The molecule has 0 saturated carbocycles. The molecule has 0 spiro atoms. The minimum Gasteiger partial charge on any atom is -0.489 e. The Morgan fingerprint density at radius 3 is 2.82 bits per heavy atom. The molecule has 0 aliphatic heterocycles. The van der Waals surface area contributed by atoms with E-state index in [1.165, 1.54) is 0 Å². The number of nitrogens with two attached hydrogens (primary N) is 1. The highest BCUT2D eigenvalue weighted by atomic mass is 35.5. The van der Waals surface area contributed by atoms with Gasteiger partial charge in [0.1, 0.15) is 5.75 Å². The van der Waals surface area contributed by atoms with Crippen molar-refractivity contribution >= 4 is 11.6 Å². The van der Waals surface area contributed by atoms with E-state index in [1.54, 1.807) is 7.11 Å². The summed E-state index contributed by atoms with van der Waals surface area (Å²) in [5, 5.41) is 0.639. The third-order valence-corrected chi connectivity index (χ3v) is 2.81. The first-order chi connectivity index (χ1) is 8.19. The second-order valence-electron chi connectivity index (χ2n) is 3.98. The summed E-state index contributed by atoms with van der Waals surface area (Å²) >= 11 is 6.15. The maximum absolute atomic E-state index is 6.15. The Balaban J connectivity index is 2.73. The van der Waals surface area contributed by atoms with E-state index in [0.29, 0.717) is 18.2 Å². The summed E-state index contributed by atoms with van der Waals surface area (Å²) in [7, 11) is 1.68. The Morgan fingerprint density at radius 2 is 2.18 bits per heavy atom. The minimum atomic E-state index is 0.0753. The summed E-state index contributed by atoms with van der Waals surface area (Å²) in [5.41, 5.74) is 6.63. The van der Waals surface area contributed by atoms with E-state index >= 15 is 0 Å². The molecule has 1 aromatic rings. The largest absolute Gasteiger partial charge is 0.489 e. The predicted molar refractivity (Wildman–Crippen MR) is 70.8 cm³/mol. The average Bonchev–Trinajstić information content (AvgIpc) is 2.31. The van der Waals surface area contributed by atoms with Crippen LogP contribution < -0.4 is 10.5 Å². The molecule has 96 valence electrons. The normalized spacial score (nSPS) is 12.5. The van der Waals surface area contributed by atoms with Crippen LogP contribution in [0, 0.1) is 0 Å². The molecular formula is C13H20ClNO2. The van der Waals surface area contributed by atoms with Gasteiger partial charge in [-0.15, -0.1) is 0 Å². The lowest BCUT2D eigenvalue weighted by molar-refractivity contribution is 0.134. The van der Waals surface area contributed by atoms with Crippen LogP contribution in [0.5, 0.6) is 5.75 Å². The standard InChI is InChI=1S/C13H20ClNO2/c1-10(7-9-16-2)17-13-11(6-8-15)4-3-5-12(13)14/h3-5,10H,6-9,15H2,1-2H3. The second kappa shape index (κ2) is 7.54. The van der Waals surface area contributed by atoms with E-state index in [4.69, 9.17) is 26.8 Å². The van der Waals surface area contributed by atoms with Crippen molar-refractivity contribution in [3.05, 3.63) is 28.8 Å². The summed E-state index contributed by atoms with van der Waals surface area (Å²) in [6, 6.07) is 5.75. The Bertz CT molecular complexity index is 344. The van der Waals surface area contributed by atoms with Crippen molar-refractivity contribution in [3.8, 4) is 5.75 Å². The Kier molecular flexibility index (Phi) is 6.34. The first-order valence-corrected chi connectivity index (χ1v) is 6.20. The van der Waals surface area contributed by atoms with Gasteiger partial charge in [-0.05, 0) is 31.5 Å². The molecule has 17 heavy (non-hydrogen) atoms. The van der Waals surface area contributed by atoms with Gasteiger partial charge in [-0.2, -0.15) is 0 Å². The van der Waals surface area contributed by atoms with Crippen molar-refractivity contribution < 1.29 is 9.47 Å². The molecule has 0 amide bonds. The van der Waals surface area contributed by atoms with Crippen LogP contribution in [0.4, 0.5) is 0 Å². The second-order valence-corrected chi connectivity index (χ2v) is 4.38. The van der Waals surface area contributed by atoms with Crippen molar-refractivity contribution in [1.29, 1.82) is 0 Å². The van der Waals surface area contributed by atoms with E-state index in [-0.39, 0.29) is 6.10 Å². The van der Waals surface area contributed by atoms with Gasteiger partial charge in [-0.25, -0.2) is 0 Å². The topological polar surface area (TPSA) is 44.5 Å². The molecule has 2 N–H and O–H groups in total. The van der Waals surface area contributed by atoms with Crippen molar-refractivity contribution in [2.75, 3.05) is 20.3 Å². The zero-order valence-corrected chi connectivity index (χ0v) is 11.2. The SMILES string of the molecule is COCCC(C)Oc1c(Cl)cccc1CCN.